The van der Waals surface area contributed by atoms with Crippen molar-refractivity contribution in [3.05, 3.63) is 53.9 Å². The number of carboxylic acids is 2. The average molecular weight is 572 g/mol. The van der Waals surface area contributed by atoms with E-state index in [9.17, 15) is 29.4 Å². The number of furan rings is 1. The number of pyridine rings is 1. The van der Waals surface area contributed by atoms with Gasteiger partial charge in [0, 0.05) is 17.4 Å². The summed E-state index contributed by atoms with van der Waals surface area (Å²) in [7, 11) is 0. The van der Waals surface area contributed by atoms with Crippen molar-refractivity contribution in [2.75, 3.05) is 11.5 Å². The van der Waals surface area contributed by atoms with Gasteiger partial charge in [-0.25, -0.2) is 9.59 Å². The first-order valence-corrected chi connectivity index (χ1v) is 12.8. The Morgan fingerprint density at radius 2 is 2.10 bits per heavy atom. The summed E-state index contributed by atoms with van der Waals surface area (Å²) < 4.78 is 12.2. The molecule has 3 aromatic rings. The number of carbonyl (C=O) groups is 4. The number of β-lactam (4-membered cyclic amide) rings is 1. The molecule has 2 aliphatic heterocycles. The van der Waals surface area contributed by atoms with Crippen LogP contribution < -0.4 is 15.6 Å². The summed E-state index contributed by atoms with van der Waals surface area (Å²) in [5, 5.41) is 25.6. The summed E-state index contributed by atoms with van der Waals surface area (Å²) in [4.78, 5) is 60.0. The Morgan fingerprint density at radius 3 is 2.77 bits per heavy atom. The van der Waals surface area contributed by atoms with E-state index in [0.29, 0.717) is 11.3 Å². The number of carboxylic acid groups (broad SMARTS) is 2. The normalized spacial score (nSPS) is 19.3. The highest BCUT2D eigenvalue weighted by atomic mass is 32.2. The first-order chi connectivity index (χ1) is 19.0. The van der Waals surface area contributed by atoms with Crippen molar-refractivity contribution in [1.82, 2.24) is 15.2 Å². The van der Waals surface area contributed by atoms with E-state index in [1.165, 1.54) is 31.9 Å². The number of oxime groups is 1. The number of nitrogens with two attached hydrogens (primary N) is 1. The molecule has 15 nitrogen and oxygen atoms in total. The van der Waals surface area contributed by atoms with Gasteiger partial charge in [0.25, 0.3) is 17.8 Å². The number of carbonyl (C=O) groups excluding carboxylic acids is 2. The van der Waals surface area contributed by atoms with Crippen molar-refractivity contribution in [1.29, 1.82) is 0 Å². The van der Waals surface area contributed by atoms with Crippen LogP contribution in [0.15, 0.2) is 62.2 Å². The molecular formula is C24H23N6O9S+. The number of hydrogen-bond donors (Lipinski definition) is 4. The highest BCUT2D eigenvalue weighted by Gasteiger charge is 2.55. The lowest BCUT2D eigenvalue weighted by Crippen LogP contribution is -2.71. The van der Waals surface area contributed by atoms with Crippen molar-refractivity contribution in [2.24, 2.45) is 5.16 Å². The maximum atomic E-state index is 13.2. The molecule has 0 aromatic carbocycles. The monoisotopic (exact) mass is 571 g/mol. The van der Waals surface area contributed by atoms with Gasteiger partial charge in [0.1, 0.15) is 29.1 Å². The fourth-order valence-corrected chi connectivity index (χ4v) is 5.47. The second-order valence-electron chi connectivity index (χ2n) is 9.35. The number of nitrogens with zero attached hydrogens (tertiary/aromatic N) is 4. The number of rotatable bonds is 9. The van der Waals surface area contributed by atoms with Crippen LogP contribution in [-0.4, -0.2) is 72.3 Å². The predicted molar refractivity (Wildman–Crippen MR) is 136 cm³/mol. The highest BCUT2D eigenvalue weighted by molar-refractivity contribution is 8.00. The lowest BCUT2D eigenvalue weighted by Gasteiger charge is -2.49. The fourth-order valence-electron chi connectivity index (χ4n) is 4.13. The van der Waals surface area contributed by atoms with E-state index < -0.39 is 46.5 Å². The van der Waals surface area contributed by atoms with E-state index >= 15 is 0 Å². The molecule has 5 heterocycles. The Hall–Kier alpha value is -4.86. The van der Waals surface area contributed by atoms with Gasteiger partial charge in [-0.3, -0.25) is 14.5 Å². The Balaban J connectivity index is 1.38. The lowest BCUT2D eigenvalue weighted by molar-refractivity contribution is -0.669. The topological polar surface area (TPSA) is 215 Å². The lowest BCUT2D eigenvalue weighted by atomic mass is 10.0. The highest BCUT2D eigenvalue weighted by Crippen LogP contribution is 2.40. The third-order valence-electron chi connectivity index (χ3n) is 6.23. The quantitative estimate of drug-likeness (QED) is 0.118. The van der Waals surface area contributed by atoms with Crippen molar-refractivity contribution in [3.63, 3.8) is 0 Å². The van der Waals surface area contributed by atoms with Crippen LogP contribution in [0.25, 0.3) is 11.1 Å². The van der Waals surface area contributed by atoms with Crippen molar-refractivity contribution in [3.8, 4) is 0 Å². The number of nitrogen functional groups attached to an aromatic ring is 1. The third-order valence-corrected chi connectivity index (χ3v) is 7.57. The van der Waals surface area contributed by atoms with Crippen LogP contribution in [0, 0.1) is 0 Å². The zero-order valence-electron chi connectivity index (χ0n) is 21.1. The minimum Gasteiger partial charge on any atom is -0.478 e. The van der Waals surface area contributed by atoms with Gasteiger partial charge < -0.3 is 34.9 Å². The third kappa shape index (κ3) is 4.72. The maximum absolute atomic E-state index is 13.2. The van der Waals surface area contributed by atoms with Crippen LogP contribution in [-0.2, 0) is 30.6 Å². The van der Waals surface area contributed by atoms with E-state index in [1.807, 2.05) is 6.07 Å². The van der Waals surface area contributed by atoms with Gasteiger partial charge in [-0.2, -0.15) is 9.55 Å². The molecule has 5 N–H and O–H groups in total. The number of anilines is 1. The molecule has 16 heteroatoms. The molecule has 208 valence electrons. The molecule has 1 unspecified atom stereocenters. The molecule has 3 aromatic heterocycles. The van der Waals surface area contributed by atoms with Crippen LogP contribution in [0.3, 0.4) is 0 Å². The molecule has 5 rings (SSSR count). The van der Waals surface area contributed by atoms with E-state index in [2.05, 4.69) is 15.5 Å². The van der Waals surface area contributed by atoms with Crippen molar-refractivity contribution in [2.45, 2.75) is 37.4 Å². The molecule has 0 saturated carbocycles. The summed E-state index contributed by atoms with van der Waals surface area (Å²) in [6.45, 7) is 2.62. The predicted octanol–water partition coefficient (Wildman–Crippen LogP) is 0.313. The van der Waals surface area contributed by atoms with E-state index in [1.54, 1.807) is 22.9 Å². The fraction of sp³-hybridized carbons (Fsp3) is 0.292. The van der Waals surface area contributed by atoms with Crippen molar-refractivity contribution < 1.29 is 47.6 Å². The van der Waals surface area contributed by atoms with Crippen LogP contribution in [0.5, 0.6) is 0 Å². The number of aromatic nitrogens is 2. The SMILES string of the molecule is CC(C)(O/N=C(\C(=O)NC1C(=O)N2C(C(=O)O)=C(C[n+]3cccc4ccoc43)CS[C@H]12)c1coc(N)n1)C(=O)O. The average Bonchev–Trinajstić information content (AvgIpc) is 3.56. The van der Waals surface area contributed by atoms with Crippen molar-refractivity contribution >= 4 is 58.3 Å². The molecule has 40 heavy (non-hydrogen) atoms. The number of oxazole rings is 1. The zero-order chi connectivity index (χ0) is 28.8. The Bertz CT molecular complexity index is 1610. The van der Waals surface area contributed by atoms with Crippen LogP contribution in [0.1, 0.15) is 19.5 Å². The molecule has 0 spiro atoms. The van der Waals surface area contributed by atoms with Gasteiger partial charge in [0.05, 0.1) is 11.6 Å². The molecule has 1 fully saturated rings. The molecule has 0 radical (unpaired) electrons. The summed E-state index contributed by atoms with van der Waals surface area (Å²) >= 11 is 1.28. The first-order valence-electron chi connectivity index (χ1n) is 11.8. The van der Waals surface area contributed by atoms with E-state index in [-0.39, 0.29) is 29.7 Å². The largest absolute Gasteiger partial charge is 0.478 e. The minimum atomic E-state index is -1.79. The first kappa shape index (κ1) is 26.7. The molecular weight excluding hydrogens is 548 g/mol. The number of aliphatic carboxylic acids is 2. The molecule has 2 aliphatic rings. The van der Waals surface area contributed by atoms with Crippen LogP contribution in [0.4, 0.5) is 6.01 Å². The summed E-state index contributed by atoms with van der Waals surface area (Å²) in [5.74, 6) is -3.93. The number of thioether (sulfide) groups is 1. The molecule has 1 saturated heterocycles. The summed E-state index contributed by atoms with van der Waals surface area (Å²) in [6.07, 6.45) is 4.30. The Labute approximate surface area is 229 Å². The second kappa shape index (κ2) is 10.0. The maximum Gasteiger partial charge on any atom is 0.380 e. The Kier molecular flexibility index (Phi) is 6.70. The van der Waals surface area contributed by atoms with Crippen LogP contribution >= 0.6 is 11.8 Å². The van der Waals surface area contributed by atoms with Crippen LogP contribution in [0.2, 0.25) is 0 Å². The van der Waals surface area contributed by atoms with Gasteiger partial charge in [-0.1, -0.05) is 5.16 Å². The smallest absolute Gasteiger partial charge is 0.380 e. The van der Waals surface area contributed by atoms with Gasteiger partial charge >= 0.3 is 17.7 Å². The van der Waals surface area contributed by atoms with Gasteiger partial charge in [0.2, 0.25) is 5.60 Å². The van der Waals surface area contributed by atoms with E-state index in [0.717, 1.165) is 16.5 Å². The molecule has 0 aliphatic carbocycles. The summed E-state index contributed by atoms with van der Waals surface area (Å²) in [6, 6.07) is 4.07. The van der Waals surface area contributed by atoms with Gasteiger partial charge in [-0.05, 0) is 26.0 Å². The van der Waals surface area contributed by atoms with Gasteiger partial charge in [0.15, 0.2) is 18.5 Å². The van der Waals surface area contributed by atoms with E-state index in [4.69, 9.17) is 19.4 Å². The Morgan fingerprint density at radius 1 is 1.32 bits per heavy atom. The number of nitrogens with one attached hydrogen (secondary N) is 1. The number of amides is 2. The zero-order valence-corrected chi connectivity index (χ0v) is 21.9. The van der Waals surface area contributed by atoms with Gasteiger partial charge in [-0.15, -0.1) is 11.8 Å². The standard InChI is InChI=1S/C24H22N6O9S/c1-24(2,22(35)36)39-28-14(13-9-38-23(25)26-13)17(31)27-15-18(32)30-16(21(33)34)12(10-40-20(15)30)8-29-6-3-4-11-5-7-37-19(11)29/h3-7,9,15,20H,8,10H2,1-2H3,(H4-,25,26,27,31,33,34,35,36)/p+1/b28-14-/t15?,20-/m1/s1. The number of hydrogen-bond acceptors (Lipinski definition) is 11. The minimum absolute atomic E-state index is 0.159. The molecule has 0 bridgehead atoms. The molecule has 2 amide bonds. The summed E-state index contributed by atoms with van der Waals surface area (Å²) in [5.41, 5.74) is 3.94. The molecule has 2 atom stereocenters. The second-order valence-corrected chi connectivity index (χ2v) is 10.5. The number of fused-ring (bicyclic) bond motifs is 2.